The van der Waals surface area contributed by atoms with Gasteiger partial charge in [-0.2, -0.15) is 0 Å². The zero-order valence-electron chi connectivity index (χ0n) is 11.4. The highest BCUT2D eigenvalue weighted by Gasteiger charge is 2.10. The summed E-state index contributed by atoms with van der Waals surface area (Å²) in [5.41, 5.74) is 0.624. The van der Waals surface area contributed by atoms with E-state index in [1.807, 2.05) is 6.07 Å². The van der Waals surface area contributed by atoms with Crippen LogP contribution in [0.2, 0.25) is 0 Å². The molecule has 106 valence electrons. The van der Waals surface area contributed by atoms with Crippen LogP contribution in [-0.2, 0) is 4.79 Å². The maximum atomic E-state index is 12.0. The molecule has 1 amide bonds. The van der Waals surface area contributed by atoms with Gasteiger partial charge in [0, 0.05) is 31.1 Å². The third-order valence-corrected chi connectivity index (χ3v) is 2.59. The zero-order valence-corrected chi connectivity index (χ0v) is 11.4. The number of Topliss-reactive ketones (excluding diaryl/α,β-unsaturated/α-hetero) is 1. The molecule has 0 fully saturated rings. The molecule has 6 nitrogen and oxygen atoms in total. The number of carbonyl (C=O) groups excluding carboxylic acids is 2. The number of anilines is 1. The first-order valence-electron chi connectivity index (χ1n) is 6.27. The van der Waals surface area contributed by atoms with Crippen LogP contribution in [0.3, 0.4) is 0 Å². The molecule has 0 atom stereocenters. The predicted molar refractivity (Wildman–Crippen MR) is 78.3 cm³/mol. The SMILES string of the molecule is CC(=O)/C(=C/Nc1cnccn1)NC(=O)c1ccccc1. The summed E-state index contributed by atoms with van der Waals surface area (Å²) in [6.45, 7) is 1.37. The van der Waals surface area contributed by atoms with Gasteiger partial charge in [0.15, 0.2) is 5.78 Å². The highest BCUT2D eigenvalue weighted by atomic mass is 16.2. The van der Waals surface area contributed by atoms with E-state index in [0.717, 1.165) is 0 Å². The lowest BCUT2D eigenvalue weighted by molar-refractivity contribution is -0.113. The molecule has 0 bridgehead atoms. The Kier molecular flexibility index (Phi) is 4.76. The fraction of sp³-hybridized carbons (Fsp3) is 0.0667. The predicted octanol–water partition coefficient (Wildman–Crippen LogP) is 1.75. The molecule has 21 heavy (non-hydrogen) atoms. The number of carbonyl (C=O) groups is 2. The second-order valence-corrected chi connectivity index (χ2v) is 4.17. The summed E-state index contributed by atoms with van der Waals surface area (Å²) < 4.78 is 0. The number of rotatable bonds is 5. The molecular weight excluding hydrogens is 268 g/mol. The lowest BCUT2D eigenvalue weighted by Crippen LogP contribution is -2.27. The molecule has 0 radical (unpaired) electrons. The Morgan fingerprint density at radius 1 is 1.14 bits per heavy atom. The average Bonchev–Trinajstić information content (AvgIpc) is 2.52. The molecule has 6 heteroatoms. The van der Waals surface area contributed by atoms with Gasteiger partial charge in [-0.25, -0.2) is 4.98 Å². The van der Waals surface area contributed by atoms with Crippen LogP contribution >= 0.6 is 0 Å². The number of amides is 1. The molecule has 2 N–H and O–H groups in total. The molecule has 0 saturated carbocycles. The summed E-state index contributed by atoms with van der Waals surface area (Å²) in [5.74, 6) is -0.140. The molecule has 0 aliphatic rings. The molecule has 0 aliphatic carbocycles. The van der Waals surface area contributed by atoms with Crippen molar-refractivity contribution in [2.24, 2.45) is 0 Å². The van der Waals surface area contributed by atoms with Crippen molar-refractivity contribution in [1.29, 1.82) is 0 Å². The second kappa shape index (κ2) is 6.95. The summed E-state index contributed by atoms with van der Waals surface area (Å²) in [6.07, 6.45) is 5.96. The highest BCUT2D eigenvalue weighted by molar-refractivity contribution is 6.02. The number of benzene rings is 1. The van der Waals surface area contributed by atoms with E-state index in [2.05, 4.69) is 20.6 Å². The third kappa shape index (κ3) is 4.24. The van der Waals surface area contributed by atoms with E-state index in [1.54, 1.807) is 24.3 Å². The minimum atomic E-state index is -0.349. The molecule has 0 aliphatic heterocycles. The Labute approximate surface area is 121 Å². The number of nitrogens with zero attached hydrogens (tertiary/aromatic N) is 2. The van der Waals surface area contributed by atoms with Gasteiger partial charge in [0.2, 0.25) is 0 Å². The molecule has 0 unspecified atom stereocenters. The van der Waals surface area contributed by atoms with Gasteiger partial charge in [-0.1, -0.05) is 18.2 Å². The number of hydrogen-bond donors (Lipinski definition) is 2. The van der Waals surface area contributed by atoms with E-state index >= 15 is 0 Å². The topological polar surface area (TPSA) is 84.0 Å². The van der Waals surface area contributed by atoms with Crippen molar-refractivity contribution in [3.63, 3.8) is 0 Å². The largest absolute Gasteiger partial charge is 0.343 e. The number of allylic oxidation sites excluding steroid dienone is 1. The number of ketones is 1. The Balaban J connectivity index is 2.09. The van der Waals surface area contributed by atoms with E-state index in [0.29, 0.717) is 11.4 Å². The van der Waals surface area contributed by atoms with Crippen molar-refractivity contribution >= 4 is 17.5 Å². The minimum absolute atomic E-state index is 0.148. The van der Waals surface area contributed by atoms with Crippen LogP contribution < -0.4 is 10.6 Å². The fourth-order valence-corrected chi connectivity index (χ4v) is 1.53. The van der Waals surface area contributed by atoms with Crippen LogP contribution in [0.25, 0.3) is 0 Å². The Morgan fingerprint density at radius 3 is 2.52 bits per heavy atom. The van der Waals surface area contributed by atoms with Gasteiger partial charge in [-0.15, -0.1) is 0 Å². The number of hydrogen-bond acceptors (Lipinski definition) is 5. The van der Waals surface area contributed by atoms with Crippen LogP contribution in [0, 0.1) is 0 Å². The van der Waals surface area contributed by atoms with E-state index in [4.69, 9.17) is 0 Å². The van der Waals surface area contributed by atoms with Gasteiger partial charge in [-0.05, 0) is 12.1 Å². The molecule has 1 heterocycles. The lowest BCUT2D eigenvalue weighted by Gasteiger charge is -2.07. The molecule has 0 spiro atoms. The van der Waals surface area contributed by atoms with Gasteiger partial charge in [-0.3, -0.25) is 14.6 Å². The van der Waals surface area contributed by atoms with Gasteiger partial charge < -0.3 is 10.6 Å². The van der Waals surface area contributed by atoms with Crippen molar-refractivity contribution in [1.82, 2.24) is 15.3 Å². The zero-order chi connectivity index (χ0) is 15.1. The second-order valence-electron chi connectivity index (χ2n) is 4.17. The summed E-state index contributed by atoms with van der Waals surface area (Å²) in [6, 6.07) is 8.66. The fourth-order valence-electron chi connectivity index (χ4n) is 1.53. The van der Waals surface area contributed by atoms with Crippen LogP contribution in [0.1, 0.15) is 17.3 Å². The minimum Gasteiger partial charge on any atom is -0.343 e. The quantitative estimate of drug-likeness (QED) is 0.816. The Morgan fingerprint density at radius 2 is 1.90 bits per heavy atom. The molecular formula is C15H14N4O2. The van der Waals surface area contributed by atoms with Crippen LogP contribution in [-0.4, -0.2) is 21.7 Å². The summed E-state index contributed by atoms with van der Waals surface area (Å²) in [7, 11) is 0. The maximum absolute atomic E-state index is 12.0. The average molecular weight is 282 g/mol. The van der Waals surface area contributed by atoms with E-state index in [9.17, 15) is 9.59 Å². The third-order valence-electron chi connectivity index (χ3n) is 2.59. The first kappa shape index (κ1) is 14.4. The van der Waals surface area contributed by atoms with Crippen molar-refractivity contribution in [2.75, 3.05) is 5.32 Å². The molecule has 2 rings (SSSR count). The number of aromatic nitrogens is 2. The molecule has 1 aromatic heterocycles. The van der Waals surface area contributed by atoms with E-state index < -0.39 is 0 Å². The van der Waals surface area contributed by atoms with E-state index in [1.165, 1.54) is 31.7 Å². The molecule has 0 saturated heterocycles. The van der Waals surface area contributed by atoms with Crippen molar-refractivity contribution in [3.05, 3.63) is 66.4 Å². The van der Waals surface area contributed by atoms with Crippen molar-refractivity contribution in [2.45, 2.75) is 6.92 Å². The highest BCUT2D eigenvalue weighted by Crippen LogP contribution is 2.03. The van der Waals surface area contributed by atoms with E-state index in [-0.39, 0.29) is 17.4 Å². The number of nitrogens with one attached hydrogen (secondary N) is 2. The van der Waals surface area contributed by atoms with Crippen LogP contribution in [0.5, 0.6) is 0 Å². The first-order chi connectivity index (χ1) is 10.2. The van der Waals surface area contributed by atoms with Crippen molar-refractivity contribution in [3.8, 4) is 0 Å². The molecule has 1 aromatic carbocycles. The van der Waals surface area contributed by atoms with Gasteiger partial charge >= 0.3 is 0 Å². The van der Waals surface area contributed by atoms with Crippen LogP contribution in [0.15, 0.2) is 60.8 Å². The molecule has 2 aromatic rings. The standard InChI is InChI=1S/C15H14N4O2/c1-11(20)13(9-18-14-10-16-7-8-17-14)19-15(21)12-5-3-2-4-6-12/h2-10H,1H3,(H,17,18)(H,19,21)/b13-9-. The summed E-state index contributed by atoms with van der Waals surface area (Å²) in [4.78, 5) is 31.5. The van der Waals surface area contributed by atoms with Gasteiger partial charge in [0.25, 0.3) is 5.91 Å². The lowest BCUT2D eigenvalue weighted by atomic mass is 10.2. The first-order valence-corrected chi connectivity index (χ1v) is 6.27. The maximum Gasteiger partial charge on any atom is 0.255 e. The van der Waals surface area contributed by atoms with Crippen molar-refractivity contribution < 1.29 is 9.59 Å². The van der Waals surface area contributed by atoms with Gasteiger partial charge in [0.1, 0.15) is 11.5 Å². The summed E-state index contributed by atoms with van der Waals surface area (Å²) >= 11 is 0. The Hall–Kier alpha value is -3.02. The van der Waals surface area contributed by atoms with Crippen LogP contribution in [0.4, 0.5) is 5.82 Å². The summed E-state index contributed by atoms with van der Waals surface area (Å²) in [5, 5.41) is 5.38. The monoisotopic (exact) mass is 282 g/mol. The normalized spacial score (nSPS) is 10.8. The smallest absolute Gasteiger partial charge is 0.255 e. The van der Waals surface area contributed by atoms with Gasteiger partial charge in [0.05, 0.1) is 6.20 Å². The Bertz CT molecular complexity index is 654.